The third-order valence-electron chi connectivity index (χ3n) is 7.71. The number of hydrogen-bond acceptors (Lipinski definition) is 4. The zero-order chi connectivity index (χ0) is 29.4. The summed E-state index contributed by atoms with van der Waals surface area (Å²) in [4.78, 5) is 13.8. The van der Waals surface area contributed by atoms with Crippen molar-refractivity contribution in [3.63, 3.8) is 0 Å². The van der Waals surface area contributed by atoms with Crippen LogP contribution < -0.4 is 21.2 Å². The number of benzene rings is 4. The quantitative estimate of drug-likeness (QED) is 0.134. The Hall–Kier alpha value is -2.88. The van der Waals surface area contributed by atoms with Crippen molar-refractivity contribution in [3.05, 3.63) is 121 Å². The van der Waals surface area contributed by atoms with Crippen LogP contribution in [0, 0.1) is 5.92 Å². The first-order valence-corrected chi connectivity index (χ1v) is 18.9. The third kappa shape index (κ3) is 7.94. The Labute approximate surface area is 251 Å². The standard InChI is InChI=1S/C34H36O5P2S/c35-34(32-23-13-14-24-33(32)42(36,37)38)39-27(25-40(28-15-5-1-6-16-28)29-17-7-2-8-18-29)26-41(30-19-9-3-10-20-30)31-21-11-4-12-22-31/h1-12,15-22,27,32-33H,13-14,23-26H2,(H,36,37,38). The SMILES string of the molecule is O=C(OC(CP(c1ccccc1)c1ccccc1)CP(c1ccccc1)c1ccccc1)C1CCCCC1S(=O)(=O)O. The van der Waals surface area contributed by atoms with Crippen LogP contribution in [0.15, 0.2) is 121 Å². The summed E-state index contributed by atoms with van der Waals surface area (Å²) in [6, 6.07) is 41.3. The summed E-state index contributed by atoms with van der Waals surface area (Å²) in [6.07, 6.45) is 2.82. The average molecular weight is 619 g/mol. The summed E-state index contributed by atoms with van der Waals surface area (Å²) in [6.45, 7) is 0. The Morgan fingerprint density at radius 1 is 0.667 bits per heavy atom. The molecule has 218 valence electrons. The van der Waals surface area contributed by atoms with E-state index in [9.17, 15) is 17.8 Å². The van der Waals surface area contributed by atoms with Crippen LogP contribution in [0.5, 0.6) is 0 Å². The summed E-state index contributed by atoms with van der Waals surface area (Å²) in [5, 5.41) is 3.65. The summed E-state index contributed by atoms with van der Waals surface area (Å²) in [5.74, 6) is -1.38. The molecule has 0 aliphatic heterocycles. The Morgan fingerprint density at radius 2 is 1.02 bits per heavy atom. The van der Waals surface area contributed by atoms with Gasteiger partial charge in [-0.1, -0.05) is 134 Å². The first kappa shape index (κ1) is 30.6. The topological polar surface area (TPSA) is 80.7 Å². The normalized spacial score (nSPS) is 17.4. The molecule has 42 heavy (non-hydrogen) atoms. The molecular weight excluding hydrogens is 582 g/mol. The molecule has 5 rings (SSSR count). The summed E-state index contributed by atoms with van der Waals surface area (Å²) in [5.41, 5.74) is 0. The van der Waals surface area contributed by atoms with Gasteiger partial charge in [-0.05, 0) is 49.9 Å². The lowest BCUT2D eigenvalue weighted by Crippen LogP contribution is -2.41. The van der Waals surface area contributed by atoms with Crippen LogP contribution in [0.25, 0.3) is 0 Å². The Kier molecular flexibility index (Phi) is 10.6. The molecule has 1 fully saturated rings. The minimum Gasteiger partial charge on any atom is -0.461 e. The van der Waals surface area contributed by atoms with Crippen LogP contribution in [-0.2, 0) is 19.6 Å². The lowest BCUT2D eigenvalue weighted by Gasteiger charge is -2.32. The van der Waals surface area contributed by atoms with Crippen LogP contribution in [-0.4, -0.2) is 42.6 Å². The number of rotatable bonds is 11. The fourth-order valence-electron chi connectivity index (χ4n) is 5.67. The highest BCUT2D eigenvalue weighted by molar-refractivity contribution is 7.86. The van der Waals surface area contributed by atoms with Crippen molar-refractivity contribution in [2.75, 3.05) is 12.3 Å². The van der Waals surface area contributed by atoms with Gasteiger partial charge >= 0.3 is 5.97 Å². The molecule has 0 heterocycles. The third-order valence-corrected chi connectivity index (χ3v) is 14.3. The van der Waals surface area contributed by atoms with Gasteiger partial charge in [0.25, 0.3) is 10.1 Å². The summed E-state index contributed by atoms with van der Waals surface area (Å²) >= 11 is 0. The molecule has 0 spiro atoms. The van der Waals surface area contributed by atoms with Crippen molar-refractivity contribution in [1.82, 2.24) is 0 Å². The first-order chi connectivity index (χ1) is 20.4. The number of ether oxygens (including phenoxy) is 1. The predicted octanol–water partition coefficient (Wildman–Crippen LogP) is 5.61. The highest BCUT2D eigenvalue weighted by Crippen LogP contribution is 2.41. The number of carbonyl (C=O) groups is 1. The number of carbonyl (C=O) groups excluding carboxylic acids is 1. The van der Waals surface area contributed by atoms with Gasteiger partial charge in [-0.15, -0.1) is 0 Å². The second-order valence-corrected chi connectivity index (χ2v) is 16.7. The van der Waals surface area contributed by atoms with Crippen LogP contribution in [0.3, 0.4) is 0 Å². The van der Waals surface area contributed by atoms with Crippen LogP contribution >= 0.6 is 15.8 Å². The molecule has 1 N–H and O–H groups in total. The minimum atomic E-state index is -4.37. The van der Waals surface area contributed by atoms with Gasteiger partial charge in [0.2, 0.25) is 0 Å². The van der Waals surface area contributed by atoms with Crippen molar-refractivity contribution in [2.24, 2.45) is 5.92 Å². The summed E-state index contributed by atoms with van der Waals surface area (Å²) < 4.78 is 40.8. The summed E-state index contributed by atoms with van der Waals surface area (Å²) in [7, 11) is -6.12. The molecule has 1 aliphatic rings. The molecular formula is C34H36O5P2S. The molecule has 5 nitrogen and oxygen atoms in total. The zero-order valence-electron chi connectivity index (χ0n) is 23.4. The van der Waals surface area contributed by atoms with E-state index in [0.29, 0.717) is 25.2 Å². The maximum atomic E-state index is 13.8. The average Bonchev–Trinajstić information content (AvgIpc) is 3.03. The minimum absolute atomic E-state index is 0.269. The predicted molar refractivity (Wildman–Crippen MR) is 175 cm³/mol. The molecule has 0 amide bonds. The smallest absolute Gasteiger partial charge is 0.310 e. The van der Waals surface area contributed by atoms with Crippen molar-refractivity contribution in [3.8, 4) is 0 Å². The second kappa shape index (κ2) is 14.5. The fraction of sp³-hybridized carbons (Fsp3) is 0.265. The molecule has 1 saturated carbocycles. The molecule has 2 atom stereocenters. The van der Waals surface area contributed by atoms with E-state index in [-0.39, 0.29) is 6.42 Å². The monoisotopic (exact) mass is 618 g/mol. The highest BCUT2D eigenvalue weighted by Gasteiger charge is 2.41. The molecule has 0 bridgehead atoms. The van der Waals surface area contributed by atoms with E-state index in [4.69, 9.17) is 4.74 Å². The Balaban J connectivity index is 1.52. The maximum absolute atomic E-state index is 13.8. The molecule has 4 aromatic carbocycles. The van der Waals surface area contributed by atoms with Crippen LogP contribution in [0.4, 0.5) is 0 Å². The van der Waals surface area contributed by atoms with Gasteiger partial charge in [-0.3, -0.25) is 9.35 Å². The van der Waals surface area contributed by atoms with Crippen LogP contribution in [0.1, 0.15) is 25.7 Å². The van der Waals surface area contributed by atoms with Crippen molar-refractivity contribution in [2.45, 2.75) is 37.0 Å². The molecule has 0 radical (unpaired) electrons. The lowest BCUT2D eigenvalue weighted by molar-refractivity contribution is -0.153. The van der Waals surface area contributed by atoms with E-state index >= 15 is 0 Å². The van der Waals surface area contributed by atoms with Gasteiger partial charge in [0.1, 0.15) is 6.10 Å². The second-order valence-electron chi connectivity index (χ2n) is 10.6. The molecule has 0 saturated heterocycles. The van der Waals surface area contributed by atoms with Gasteiger partial charge in [0, 0.05) is 12.3 Å². The van der Waals surface area contributed by atoms with E-state index in [2.05, 4.69) is 48.5 Å². The van der Waals surface area contributed by atoms with E-state index in [0.717, 1.165) is 6.42 Å². The molecule has 2 unspecified atom stereocenters. The van der Waals surface area contributed by atoms with E-state index in [1.807, 2.05) is 72.8 Å². The Bertz CT molecular complexity index is 1360. The van der Waals surface area contributed by atoms with Crippen molar-refractivity contribution < 1.29 is 22.5 Å². The van der Waals surface area contributed by atoms with E-state index in [1.54, 1.807) is 0 Å². The van der Waals surface area contributed by atoms with Gasteiger partial charge in [-0.2, -0.15) is 8.42 Å². The van der Waals surface area contributed by atoms with Gasteiger partial charge in [0.15, 0.2) is 0 Å². The largest absolute Gasteiger partial charge is 0.461 e. The van der Waals surface area contributed by atoms with E-state index in [1.165, 1.54) is 21.2 Å². The number of esters is 1. The number of hydrogen-bond donors (Lipinski definition) is 1. The first-order valence-electron chi connectivity index (χ1n) is 14.3. The maximum Gasteiger partial charge on any atom is 0.310 e. The van der Waals surface area contributed by atoms with Gasteiger partial charge in [-0.25, -0.2) is 0 Å². The van der Waals surface area contributed by atoms with E-state index < -0.39 is 49.2 Å². The van der Waals surface area contributed by atoms with Gasteiger partial charge in [0.05, 0.1) is 11.2 Å². The highest BCUT2D eigenvalue weighted by atomic mass is 32.2. The molecule has 4 aromatic rings. The molecule has 8 heteroatoms. The Morgan fingerprint density at radius 3 is 1.38 bits per heavy atom. The van der Waals surface area contributed by atoms with Crippen LogP contribution in [0.2, 0.25) is 0 Å². The molecule has 0 aromatic heterocycles. The molecule has 1 aliphatic carbocycles. The fourth-order valence-corrected chi connectivity index (χ4v) is 11.8. The van der Waals surface area contributed by atoms with Gasteiger partial charge < -0.3 is 4.74 Å². The van der Waals surface area contributed by atoms with Crippen molar-refractivity contribution in [1.29, 1.82) is 0 Å². The lowest BCUT2D eigenvalue weighted by atomic mass is 9.89. The zero-order valence-corrected chi connectivity index (χ0v) is 26.0. The van der Waals surface area contributed by atoms with Crippen molar-refractivity contribution >= 4 is 53.1 Å².